The van der Waals surface area contributed by atoms with Crippen molar-refractivity contribution in [1.82, 2.24) is 0 Å². The summed E-state index contributed by atoms with van der Waals surface area (Å²) in [5.74, 6) is -3.56. The lowest BCUT2D eigenvalue weighted by Crippen LogP contribution is -2.61. The molecule has 0 aromatic heterocycles. The second-order valence-corrected chi connectivity index (χ2v) is 14.2. The Labute approximate surface area is 224 Å². The number of aliphatic hydroxyl groups excluding tert-OH is 2. The van der Waals surface area contributed by atoms with Gasteiger partial charge in [0.1, 0.15) is 11.6 Å². The normalized spacial score (nSPS) is 42.6. The fourth-order valence-electron chi connectivity index (χ4n) is 9.16. The van der Waals surface area contributed by atoms with Gasteiger partial charge in [-0.3, -0.25) is 19.2 Å². The van der Waals surface area contributed by atoms with Crippen LogP contribution in [0, 0.1) is 39.4 Å². The molecule has 2 fully saturated rings. The SMILES string of the molecule is CC(CC(=O)C[C@@](C)(O)[C@@H]1CC(=O)[C@]2(C)C3=C(C(=O)C[C@@]12C)[C@]1(C)CC[C@@H](O)C(C)(C)C1C[C@H]3O)C(=O)O. The predicted octanol–water partition coefficient (Wildman–Crippen LogP) is 3.25. The molecule has 38 heavy (non-hydrogen) atoms. The Balaban J connectivity index is 1.78. The number of ketones is 3. The van der Waals surface area contributed by atoms with Crippen molar-refractivity contribution < 1.29 is 39.6 Å². The van der Waals surface area contributed by atoms with Crippen molar-refractivity contribution in [2.45, 2.75) is 111 Å². The molecule has 4 N–H and O–H groups in total. The number of rotatable bonds is 6. The van der Waals surface area contributed by atoms with Gasteiger partial charge in [-0.25, -0.2) is 0 Å². The molecule has 0 heterocycles. The third-order valence-corrected chi connectivity index (χ3v) is 11.6. The van der Waals surface area contributed by atoms with E-state index in [0.717, 1.165) is 0 Å². The van der Waals surface area contributed by atoms with Gasteiger partial charge in [0.15, 0.2) is 5.78 Å². The molecule has 2 unspecified atom stereocenters. The van der Waals surface area contributed by atoms with Gasteiger partial charge in [-0.15, -0.1) is 0 Å². The number of carbonyl (C=O) groups is 4. The quantitative estimate of drug-likeness (QED) is 0.407. The number of carboxylic acids is 1. The molecular formula is C30H44O8. The molecule has 0 radical (unpaired) electrons. The van der Waals surface area contributed by atoms with Gasteiger partial charge in [-0.1, -0.05) is 34.6 Å². The van der Waals surface area contributed by atoms with Crippen LogP contribution in [0.2, 0.25) is 0 Å². The molecule has 4 aliphatic carbocycles. The van der Waals surface area contributed by atoms with E-state index in [2.05, 4.69) is 0 Å². The first-order valence-corrected chi connectivity index (χ1v) is 13.9. The summed E-state index contributed by atoms with van der Waals surface area (Å²) in [6.45, 7) is 12.5. The van der Waals surface area contributed by atoms with Crippen molar-refractivity contribution in [3.63, 3.8) is 0 Å². The van der Waals surface area contributed by atoms with Crippen molar-refractivity contribution in [2.24, 2.45) is 39.4 Å². The maximum absolute atomic E-state index is 14.1. The number of aliphatic hydroxyl groups is 3. The zero-order chi connectivity index (χ0) is 28.8. The van der Waals surface area contributed by atoms with Crippen molar-refractivity contribution in [3.8, 4) is 0 Å². The first-order valence-electron chi connectivity index (χ1n) is 13.9. The Hall–Kier alpha value is -1.90. The topological polar surface area (TPSA) is 149 Å². The van der Waals surface area contributed by atoms with Crippen molar-refractivity contribution in [3.05, 3.63) is 11.1 Å². The van der Waals surface area contributed by atoms with E-state index in [9.17, 15) is 39.6 Å². The summed E-state index contributed by atoms with van der Waals surface area (Å²) in [6.07, 6.45) is -0.727. The van der Waals surface area contributed by atoms with Crippen LogP contribution in [0.3, 0.4) is 0 Å². The molecule has 0 aromatic carbocycles. The first-order chi connectivity index (χ1) is 17.2. The Morgan fingerprint density at radius 3 is 2.29 bits per heavy atom. The van der Waals surface area contributed by atoms with Crippen LogP contribution in [0.4, 0.5) is 0 Å². The molecule has 2 saturated carbocycles. The number of fused-ring (bicyclic) bond motifs is 4. The van der Waals surface area contributed by atoms with Gasteiger partial charge in [0.25, 0.3) is 0 Å². The number of aliphatic carboxylic acids is 1. The van der Waals surface area contributed by atoms with Gasteiger partial charge in [0.05, 0.1) is 29.1 Å². The number of hydrogen-bond acceptors (Lipinski definition) is 7. The minimum absolute atomic E-state index is 0.00657. The van der Waals surface area contributed by atoms with Gasteiger partial charge >= 0.3 is 5.97 Å². The summed E-state index contributed by atoms with van der Waals surface area (Å²) >= 11 is 0. The highest BCUT2D eigenvalue weighted by molar-refractivity contribution is 6.05. The summed E-state index contributed by atoms with van der Waals surface area (Å²) in [5, 5.41) is 43.2. The zero-order valence-corrected chi connectivity index (χ0v) is 23.8. The summed E-state index contributed by atoms with van der Waals surface area (Å²) in [4.78, 5) is 52.0. The molecule has 4 rings (SSSR count). The molecule has 0 amide bonds. The Morgan fingerprint density at radius 1 is 1.11 bits per heavy atom. The fourth-order valence-corrected chi connectivity index (χ4v) is 9.16. The summed E-state index contributed by atoms with van der Waals surface area (Å²) in [6, 6.07) is 0. The van der Waals surface area contributed by atoms with Crippen molar-refractivity contribution >= 4 is 23.3 Å². The molecule has 0 bridgehead atoms. The minimum Gasteiger partial charge on any atom is -0.481 e. The minimum atomic E-state index is -1.64. The molecule has 9 atom stereocenters. The molecule has 0 aromatic rings. The first kappa shape index (κ1) is 29.1. The van der Waals surface area contributed by atoms with E-state index in [-0.39, 0.29) is 43.2 Å². The number of Topliss-reactive ketones (excluding diaryl/α,β-unsaturated/α-hetero) is 3. The zero-order valence-electron chi connectivity index (χ0n) is 23.8. The Kier molecular flexibility index (Phi) is 6.74. The van der Waals surface area contributed by atoms with Crippen LogP contribution >= 0.6 is 0 Å². The molecular weight excluding hydrogens is 488 g/mol. The van der Waals surface area contributed by atoms with Crippen molar-refractivity contribution in [1.29, 1.82) is 0 Å². The maximum atomic E-state index is 14.1. The van der Waals surface area contributed by atoms with Crippen LogP contribution in [-0.4, -0.2) is 61.6 Å². The third-order valence-electron chi connectivity index (χ3n) is 11.6. The highest BCUT2D eigenvalue weighted by atomic mass is 16.4. The van der Waals surface area contributed by atoms with Gasteiger partial charge in [-0.05, 0) is 60.8 Å². The number of hydrogen-bond donors (Lipinski definition) is 4. The monoisotopic (exact) mass is 532 g/mol. The summed E-state index contributed by atoms with van der Waals surface area (Å²) in [7, 11) is 0. The van der Waals surface area contributed by atoms with Crippen LogP contribution in [0.15, 0.2) is 11.1 Å². The lowest BCUT2D eigenvalue weighted by Gasteiger charge is -2.62. The average Bonchev–Trinajstić information content (AvgIpc) is 2.99. The highest BCUT2D eigenvalue weighted by Gasteiger charge is 2.71. The highest BCUT2D eigenvalue weighted by Crippen LogP contribution is 2.71. The van der Waals surface area contributed by atoms with Gasteiger partial charge < -0.3 is 20.4 Å². The number of carbonyl (C=O) groups excluding carboxylic acids is 3. The molecule has 4 aliphatic rings. The predicted molar refractivity (Wildman–Crippen MR) is 139 cm³/mol. The fraction of sp³-hybridized carbons (Fsp3) is 0.800. The largest absolute Gasteiger partial charge is 0.481 e. The van der Waals surface area contributed by atoms with Crippen LogP contribution in [-0.2, 0) is 19.2 Å². The van der Waals surface area contributed by atoms with E-state index < -0.39 is 63.1 Å². The van der Waals surface area contributed by atoms with E-state index in [1.165, 1.54) is 13.8 Å². The standard InChI is InChI=1S/C30H44O8/c1-15(25(36)37)10-16(31)13-29(6,38)20-12-22(35)30(7)24-17(32)11-19-26(2,3)21(34)8-9-27(19,4)23(24)18(33)14-28(20,30)5/h15,17,19-21,32,34,38H,8-14H2,1-7H3,(H,36,37)/t15?,17-,19?,20-,21-,27-,28+,29-,30-/m1/s1. The second kappa shape index (κ2) is 8.80. The van der Waals surface area contributed by atoms with E-state index in [4.69, 9.17) is 0 Å². The lowest BCUT2D eigenvalue weighted by molar-refractivity contribution is -0.148. The molecule has 0 saturated heterocycles. The van der Waals surface area contributed by atoms with Gasteiger partial charge in [-0.2, -0.15) is 0 Å². The third kappa shape index (κ3) is 3.80. The van der Waals surface area contributed by atoms with Crippen LogP contribution < -0.4 is 0 Å². The molecule has 0 aliphatic heterocycles. The molecule has 212 valence electrons. The smallest absolute Gasteiger partial charge is 0.306 e. The van der Waals surface area contributed by atoms with E-state index in [1.54, 1.807) is 6.92 Å². The maximum Gasteiger partial charge on any atom is 0.306 e. The lowest BCUT2D eigenvalue weighted by atomic mass is 9.42. The molecule has 8 nitrogen and oxygen atoms in total. The van der Waals surface area contributed by atoms with Crippen LogP contribution in [0.1, 0.15) is 93.4 Å². The second-order valence-electron chi connectivity index (χ2n) is 14.2. The van der Waals surface area contributed by atoms with Crippen LogP contribution in [0.25, 0.3) is 0 Å². The Bertz CT molecular complexity index is 1120. The van der Waals surface area contributed by atoms with Gasteiger partial charge in [0.2, 0.25) is 0 Å². The van der Waals surface area contributed by atoms with Crippen molar-refractivity contribution in [2.75, 3.05) is 0 Å². The number of allylic oxidation sites excluding steroid dienone is 1. The summed E-state index contributed by atoms with van der Waals surface area (Å²) in [5.41, 5.74) is -3.99. The van der Waals surface area contributed by atoms with Crippen LogP contribution in [0.5, 0.6) is 0 Å². The molecule has 0 spiro atoms. The van der Waals surface area contributed by atoms with E-state index >= 15 is 0 Å². The van der Waals surface area contributed by atoms with E-state index in [0.29, 0.717) is 30.4 Å². The van der Waals surface area contributed by atoms with Gasteiger partial charge in [0, 0.05) is 37.2 Å². The Morgan fingerprint density at radius 2 is 1.71 bits per heavy atom. The molecule has 8 heteroatoms. The summed E-state index contributed by atoms with van der Waals surface area (Å²) < 4.78 is 0. The average molecular weight is 533 g/mol. The van der Waals surface area contributed by atoms with E-state index in [1.807, 2.05) is 27.7 Å². The number of carboxylic acid groups (broad SMARTS) is 1.